The molecule has 0 aromatic heterocycles. The molecule has 0 aliphatic carbocycles. The zero-order chi connectivity index (χ0) is 17.9. The first kappa shape index (κ1) is 18.1. The highest BCUT2D eigenvalue weighted by molar-refractivity contribution is 5.97. The van der Waals surface area contributed by atoms with Crippen molar-refractivity contribution in [1.82, 2.24) is 10.6 Å². The number of carbonyl (C=O) groups is 1. The number of amides is 1. The van der Waals surface area contributed by atoms with Gasteiger partial charge in [0.05, 0.1) is 0 Å². The van der Waals surface area contributed by atoms with Gasteiger partial charge < -0.3 is 15.7 Å². The summed E-state index contributed by atoms with van der Waals surface area (Å²) >= 11 is 0. The molecular formula is C20H21N3O2. The van der Waals surface area contributed by atoms with Crippen molar-refractivity contribution in [3.05, 3.63) is 77.5 Å². The second-order valence-corrected chi connectivity index (χ2v) is 5.53. The number of nitrogens with zero attached hydrogens (tertiary/aromatic N) is 1. The summed E-state index contributed by atoms with van der Waals surface area (Å²) in [5.41, 5.74) is 2.25. The van der Waals surface area contributed by atoms with Crippen LogP contribution in [0.2, 0.25) is 0 Å². The van der Waals surface area contributed by atoms with Gasteiger partial charge in [-0.3, -0.25) is 4.79 Å². The zero-order valence-corrected chi connectivity index (χ0v) is 13.9. The molecule has 0 radical (unpaired) electrons. The minimum atomic E-state index is -0.395. The van der Waals surface area contributed by atoms with Gasteiger partial charge in [0, 0.05) is 19.3 Å². The number of hydrogen-bond acceptors (Lipinski definition) is 4. The molecule has 2 aromatic rings. The largest absolute Gasteiger partial charge is 0.508 e. The topological polar surface area (TPSA) is 85.2 Å². The summed E-state index contributed by atoms with van der Waals surface area (Å²) in [6.45, 7) is 1.07. The van der Waals surface area contributed by atoms with Gasteiger partial charge in [0.2, 0.25) is 0 Å². The molecule has 2 aromatic carbocycles. The molecule has 2 rings (SSSR count). The van der Waals surface area contributed by atoms with E-state index in [0.29, 0.717) is 19.5 Å². The average Bonchev–Trinajstić information content (AvgIpc) is 2.64. The number of nitriles is 1. The molecular weight excluding hydrogens is 314 g/mol. The van der Waals surface area contributed by atoms with Crippen LogP contribution in [-0.2, 0) is 17.6 Å². The number of benzene rings is 2. The van der Waals surface area contributed by atoms with Gasteiger partial charge in [-0.05, 0) is 36.1 Å². The van der Waals surface area contributed by atoms with Gasteiger partial charge in [-0.25, -0.2) is 0 Å². The van der Waals surface area contributed by atoms with Crippen LogP contribution >= 0.6 is 0 Å². The Kier molecular flexibility index (Phi) is 7.08. The number of carbonyl (C=O) groups excluding carboxylic acids is 1. The number of hydrogen-bond donors (Lipinski definition) is 3. The third-order valence-electron chi connectivity index (χ3n) is 3.65. The maximum atomic E-state index is 12.0. The second kappa shape index (κ2) is 9.78. The summed E-state index contributed by atoms with van der Waals surface area (Å²) in [6.07, 6.45) is 2.91. The summed E-state index contributed by atoms with van der Waals surface area (Å²) < 4.78 is 0. The molecule has 0 saturated carbocycles. The van der Waals surface area contributed by atoms with Crippen LogP contribution < -0.4 is 10.6 Å². The lowest BCUT2D eigenvalue weighted by molar-refractivity contribution is -0.117. The van der Waals surface area contributed by atoms with Crippen molar-refractivity contribution in [3.8, 4) is 11.8 Å². The molecule has 5 nitrogen and oxygen atoms in total. The maximum absolute atomic E-state index is 12.0. The quantitative estimate of drug-likeness (QED) is 0.392. The molecule has 0 saturated heterocycles. The molecule has 128 valence electrons. The molecule has 0 aliphatic rings. The van der Waals surface area contributed by atoms with Crippen LogP contribution in [0.25, 0.3) is 0 Å². The van der Waals surface area contributed by atoms with Gasteiger partial charge in [0.25, 0.3) is 5.91 Å². The first-order chi connectivity index (χ1) is 12.2. The SMILES string of the molecule is N#C/C(=C/NCCc1ccccc1)C(=O)NCCc1ccc(O)cc1. The van der Waals surface area contributed by atoms with E-state index in [4.69, 9.17) is 5.26 Å². The van der Waals surface area contributed by atoms with Crippen LogP contribution in [0.3, 0.4) is 0 Å². The van der Waals surface area contributed by atoms with E-state index in [0.717, 1.165) is 12.0 Å². The number of rotatable bonds is 8. The van der Waals surface area contributed by atoms with E-state index in [1.54, 1.807) is 24.3 Å². The third kappa shape index (κ3) is 6.40. The number of aromatic hydroxyl groups is 1. The Labute approximate surface area is 147 Å². The molecule has 0 heterocycles. The molecule has 25 heavy (non-hydrogen) atoms. The van der Waals surface area contributed by atoms with Crippen LogP contribution in [0.15, 0.2) is 66.4 Å². The predicted octanol–water partition coefficient (Wildman–Crippen LogP) is 2.29. The van der Waals surface area contributed by atoms with Gasteiger partial charge in [-0.15, -0.1) is 0 Å². The Morgan fingerprint density at radius 1 is 1.00 bits per heavy atom. The predicted molar refractivity (Wildman–Crippen MR) is 96.7 cm³/mol. The lowest BCUT2D eigenvalue weighted by Crippen LogP contribution is -2.27. The van der Waals surface area contributed by atoms with Gasteiger partial charge in [0.1, 0.15) is 17.4 Å². The first-order valence-electron chi connectivity index (χ1n) is 8.12. The zero-order valence-electron chi connectivity index (χ0n) is 13.9. The van der Waals surface area contributed by atoms with Crippen LogP contribution in [-0.4, -0.2) is 24.1 Å². The fraction of sp³-hybridized carbons (Fsp3) is 0.200. The molecule has 5 heteroatoms. The Balaban J connectivity index is 1.73. The number of phenolic OH excluding ortho intramolecular Hbond substituents is 1. The van der Waals surface area contributed by atoms with E-state index in [2.05, 4.69) is 10.6 Å². The van der Waals surface area contributed by atoms with Gasteiger partial charge in [0.15, 0.2) is 0 Å². The van der Waals surface area contributed by atoms with Crippen molar-refractivity contribution < 1.29 is 9.90 Å². The second-order valence-electron chi connectivity index (χ2n) is 5.53. The Morgan fingerprint density at radius 3 is 2.32 bits per heavy atom. The normalized spacial score (nSPS) is 10.8. The number of phenols is 1. The van der Waals surface area contributed by atoms with Crippen molar-refractivity contribution in [2.75, 3.05) is 13.1 Å². The van der Waals surface area contributed by atoms with Crippen molar-refractivity contribution in [2.45, 2.75) is 12.8 Å². The lowest BCUT2D eigenvalue weighted by Gasteiger charge is -2.06. The highest BCUT2D eigenvalue weighted by Gasteiger charge is 2.07. The Morgan fingerprint density at radius 2 is 1.64 bits per heavy atom. The van der Waals surface area contributed by atoms with Crippen LogP contribution in [0.5, 0.6) is 5.75 Å². The maximum Gasteiger partial charge on any atom is 0.263 e. The van der Waals surface area contributed by atoms with Crippen molar-refractivity contribution in [3.63, 3.8) is 0 Å². The van der Waals surface area contributed by atoms with E-state index in [-0.39, 0.29) is 11.3 Å². The minimum absolute atomic E-state index is 0.0544. The van der Waals surface area contributed by atoms with Gasteiger partial charge in [-0.2, -0.15) is 5.26 Å². The van der Waals surface area contributed by atoms with Gasteiger partial charge in [-0.1, -0.05) is 42.5 Å². The van der Waals surface area contributed by atoms with E-state index in [1.807, 2.05) is 36.4 Å². The summed E-state index contributed by atoms with van der Waals surface area (Å²) in [7, 11) is 0. The fourth-order valence-corrected chi connectivity index (χ4v) is 2.26. The van der Waals surface area contributed by atoms with Crippen LogP contribution in [0, 0.1) is 11.3 Å². The molecule has 0 fully saturated rings. The monoisotopic (exact) mass is 335 g/mol. The van der Waals surface area contributed by atoms with Crippen molar-refractivity contribution >= 4 is 5.91 Å². The van der Waals surface area contributed by atoms with E-state index in [9.17, 15) is 9.90 Å². The Hall–Kier alpha value is -3.26. The number of nitrogens with one attached hydrogen (secondary N) is 2. The summed E-state index contributed by atoms with van der Waals surface area (Å²) in [5.74, 6) is -0.183. The van der Waals surface area contributed by atoms with E-state index < -0.39 is 5.91 Å². The Bertz CT molecular complexity index is 747. The van der Waals surface area contributed by atoms with Crippen LogP contribution in [0.1, 0.15) is 11.1 Å². The van der Waals surface area contributed by atoms with Crippen LogP contribution in [0.4, 0.5) is 0 Å². The lowest BCUT2D eigenvalue weighted by atomic mass is 10.1. The average molecular weight is 335 g/mol. The molecule has 1 amide bonds. The molecule has 0 spiro atoms. The molecule has 0 bridgehead atoms. The molecule has 0 atom stereocenters. The van der Waals surface area contributed by atoms with Crippen molar-refractivity contribution in [1.29, 1.82) is 5.26 Å². The van der Waals surface area contributed by atoms with Gasteiger partial charge >= 0.3 is 0 Å². The highest BCUT2D eigenvalue weighted by atomic mass is 16.3. The fourth-order valence-electron chi connectivity index (χ4n) is 2.26. The summed E-state index contributed by atoms with van der Waals surface area (Å²) in [6, 6.07) is 18.7. The molecule has 0 unspecified atom stereocenters. The molecule has 0 aliphatic heterocycles. The highest BCUT2D eigenvalue weighted by Crippen LogP contribution is 2.09. The first-order valence-corrected chi connectivity index (χ1v) is 8.12. The third-order valence-corrected chi connectivity index (χ3v) is 3.65. The standard InChI is InChI=1S/C20H21N3O2/c21-14-18(15-22-12-10-16-4-2-1-3-5-16)20(25)23-13-11-17-6-8-19(24)9-7-17/h1-9,15,22,24H,10-13H2,(H,23,25)/b18-15-. The van der Waals surface area contributed by atoms with Crippen molar-refractivity contribution in [2.24, 2.45) is 0 Å². The summed E-state index contributed by atoms with van der Waals surface area (Å²) in [4.78, 5) is 12.0. The van der Waals surface area contributed by atoms with E-state index >= 15 is 0 Å². The minimum Gasteiger partial charge on any atom is -0.508 e. The van der Waals surface area contributed by atoms with E-state index in [1.165, 1.54) is 11.8 Å². The smallest absolute Gasteiger partial charge is 0.263 e. The summed E-state index contributed by atoms with van der Waals surface area (Å²) in [5, 5.41) is 24.1. The molecule has 3 N–H and O–H groups in total.